The van der Waals surface area contributed by atoms with Crippen LogP contribution in [0.1, 0.15) is 26.5 Å². The molecule has 0 fully saturated rings. The van der Waals surface area contributed by atoms with E-state index < -0.39 is 0 Å². The van der Waals surface area contributed by atoms with E-state index >= 15 is 0 Å². The lowest BCUT2D eigenvalue weighted by Gasteiger charge is -2.04. The molecule has 1 heterocycles. The molecule has 0 saturated carbocycles. The van der Waals surface area contributed by atoms with Crippen LogP contribution < -0.4 is 5.32 Å². The van der Waals surface area contributed by atoms with Crippen LogP contribution in [0.3, 0.4) is 0 Å². The third-order valence-electron chi connectivity index (χ3n) is 2.11. The van der Waals surface area contributed by atoms with Crippen molar-refractivity contribution in [2.24, 2.45) is 5.92 Å². The summed E-state index contributed by atoms with van der Waals surface area (Å²) in [5.74, 6) is 2.95. The second kappa shape index (κ2) is 7.68. The molecule has 0 radical (unpaired) electrons. The zero-order valence-electron chi connectivity index (χ0n) is 10.4. The summed E-state index contributed by atoms with van der Waals surface area (Å²) in [7, 11) is 0. The van der Waals surface area contributed by atoms with Crippen LogP contribution in [0.15, 0.2) is 6.20 Å². The minimum Gasteiger partial charge on any atom is -0.311 e. The summed E-state index contributed by atoms with van der Waals surface area (Å²) in [4.78, 5) is 0. The first-order valence-electron chi connectivity index (χ1n) is 5.89. The number of hydrogen-bond acceptors (Lipinski definition) is 4. The highest BCUT2D eigenvalue weighted by atomic mass is 32.2. The van der Waals surface area contributed by atoms with Crippen LogP contribution in [0.2, 0.25) is 0 Å². The Morgan fingerprint density at radius 1 is 1.50 bits per heavy atom. The smallest absolute Gasteiger partial charge is 0.0964 e. The first-order chi connectivity index (χ1) is 7.72. The molecular formula is C11H22N4S. The predicted molar refractivity (Wildman–Crippen MR) is 69.6 cm³/mol. The van der Waals surface area contributed by atoms with Crippen molar-refractivity contribution in [3.8, 4) is 0 Å². The molecule has 0 bridgehead atoms. The number of aromatic nitrogens is 3. The highest BCUT2D eigenvalue weighted by Gasteiger charge is 2.00. The fraction of sp³-hybridized carbons (Fsp3) is 0.818. The van der Waals surface area contributed by atoms with Gasteiger partial charge in [0, 0.05) is 18.5 Å². The zero-order chi connectivity index (χ0) is 11.8. The first kappa shape index (κ1) is 13.5. The molecule has 0 atom stereocenters. The molecule has 0 unspecified atom stereocenters. The minimum absolute atomic E-state index is 0.677. The molecule has 1 rings (SSSR count). The van der Waals surface area contributed by atoms with Gasteiger partial charge in [0.05, 0.1) is 12.2 Å². The molecule has 1 N–H and O–H groups in total. The van der Waals surface area contributed by atoms with Crippen LogP contribution in [0.4, 0.5) is 0 Å². The summed E-state index contributed by atoms with van der Waals surface area (Å²) in [5.41, 5.74) is 1.03. The Morgan fingerprint density at radius 3 is 3.00 bits per heavy atom. The second-order valence-electron chi connectivity index (χ2n) is 4.19. The van der Waals surface area contributed by atoms with Gasteiger partial charge in [-0.1, -0.05) is 26.0 Å². The standard InChI is InChI=1S/C11H22N4S/c1-4-16-6-5-15-9-11(13-14-15)8-12-7-10(2)3/h9-10,12H,4-8H2,1-3H3. The average Bonchev–Trinajstić information content (AvgIpc) is 2.66. The van der Waals surface area contributed by atoms with Crippen LogP contribution in [-0.4, -0.2) is 33.0 Å². The first-order valence-corrected chi connectivity index (χ1v) is 7.05. The molecule has 0 aliphatic heterocycles. The molecule has 0 aliphatic carbocycles. The normalized spacial score (nSPS) is 11.2. The maximum absolute atomic E-state index is 4.13. The van der Waals surface area contributed by atoms with E-state index in [2.05, 4.69) is 36.4 Å². The van der Waals surface area contributed by atoms with Gasteiger partial charge in [-0.05, 0) is 18.2 Å². The number of nitrogens with one attached hydrogen (secondary N) is 1. The Hall–Kier alpha value is -0.550. The molecule has 0 amide bonds. The molecule has 16 heavy (non-hydrogen) atoms. The molecule has 0 saturated heterocycles. The van der Waals surface area contributed by atoms with Crippen molar-refractivity contribution in [1.29, 1.82) is 0 Å². The van der Waals surface area contributed by atoms with Crippen LogP contribution in [0.5, 0.6) is 0 Å². The Kier molecular flexibility index (Phi) is 6.49. The van der Waals surface area contributed by atoms with Gasteiger partial charge in [0.25, 0.3) is 0 Å². The summed E-state index contributed by atoms with van der Waals surface area (Å²) in [6, 6.07) is 0. The van der Waals surface area contributed by atoms with Gasteiger partial charge in [-0.2, -0.15) is 11.8 Å². The van der Waals surface area contributed by atoms with Gasteiger partial charge >= 0.3 is 0 Å². The van der Waals surface area contributed by atoms with Gasteiger partial charge in [-0.15, -0.1) is 5.10 Å². The van der Waals surface area contributed by atoms with Crippen molar-refractivity contribution in [1.82, 2.24) is 20.3 Å². The van der Waals surface area contributed by atoms with Crippen molar-refractivity contribution < 1.29 is 0 Å². The average molecular weight is 242 g/mol. The molecular weight excluding hydrogens is 220 g/mol. The van der Waals surface area contributed by atoms with E-state index in [1.54, 1.807) is 0 Å². The predicted octanol–water partition coefficient (Wildman–Crippen LogP) is 1.78. The van der Waals surface area contributed by atoms with E-state index in [1.807, 2.05) is 22.6 Å². The monoisotopic (exact) mass is 242 g/mol. The Balaban J connectivity index is 2.22. The summed E-state index contributed by atoms with van der Waals surface area (Å²) in [6.45, 7) is 9.37. The van der Waals surface area contributed by atoms with Crippen molar-refractivity contribution in [2.45, 2.75) is 33.9 Å². The highest BCUT2D eigenvalue weighted by molar-refractivity contribution is 7.99. The summed E-state index contributed by atoms with van der Waals surface area (Å²) < 4.78 is 1.93. The SMILES string of the molecule is CCSCCn1cc(CNCC(C)C)nn1. The molecule has 1 aromatic heterocycles. The van der Waals surface area contributed by atoms with Crippen molar-refractivity contribution in [3.05, 3.63) is 11.9 Å². The molecule has 0 spiro atoms. The lowest BCUT2D eigenvalue weighted by molar-refractivity contribution is 0.548. The number of aryl methyl sites for hydroxylation is 1. The van der Waals surface area contributed by atoms with Crippen molar-refractivity contribution in [2.75, 3.05) is 18.1 Å². The van der Waals surface area contributed by atoms with Crippen LogP contribution >= 0.6 is 11.8 Å². The number of rotatable bonds is 8. The maximum atomic E-state index is 4.13. The van der Waals surface area contributed by atoms with Crippen LogP contribution in [0, 0.1) is 5.92 Å². The Labute approximate surface area is 102 Å². The van der Waals surface area contributed by atoms with Gasteiger partial charge in [0.2, 0.25) is 0 Å². The molecule has 4 nitrogen and oxygen atoms in total. The Bertz CT molecular complexity index is 285. The van der Waals surface area contributed by atoms with Gasteiger partial charge in [-0.3, -0.25) is 4.68 Å². The lowest BCUT2D eigenvalue weighted by atomic mass is 10.2. The summed E-state index contributed by atoms with van der Waals surface area (Å²) in [5, 5.41) is 11.6. The molecule has 5 heteroatoms. The van der Waals surface area contributed by atoms with Gasteiger partial charge in [-0.25, -0.2) is 0 Å². The summed E-state index contributed by atoms with van der Waals surface area (Å²) >= 11 is 1.93. The largest absolute Gasteiger partial charge is 0.311 e. The Morgan fingerprint density at radius 2 is 2.31 bits per heavy atom. The van der Waals surface area contributed by atoms with E-state index in [4.69, 9.17) is 0 Å². The molecule has 0 aromatic carbocycles. The van der Waals surface area contributed by atoms with Crippen molar-refractivity contribution in [3.63, 3.8) is 0 Å². The fourth-order valence-electron chi connectivity index (χ4n) is 1.32. The van der Waals surface area contributed by atoms with E-state index in [9.17, 15) is 0 Å². The van der Waals surface area contributed by atoms with E-state index in [0.29, 0.717) is 5.92 Å². The third-order valence-corrected chi connectivity index (χ3v) is 2.99. The van der Waals surface area contributed by atoms with Gasteiger partial charge in [0.15, 0.2) is 0 Å². The van der Waals surface area contributed by atoms with E-state index in [1.165, 1.54) is 0 Å². The second-order valence-corrected chi connectivity index (χ2v) is 5.59. The lowest BCUT2D eigenvalue weighted by Crippen LogP contribution is -2.19. The van der Waals surface area contributed by atoms with Crippen LogP contribution in [-0.2, 0) is 13.1 Å². The molecule has 0 aliphatic rings. The van der Waals surface area contributed by atoms with Gasteiger partial charge in [0.1, 0.15) is 0 Å². The number of nitrogens with zero attached hydrogens (tertiary/aromatic N) is 3. The van der Waals surface area contributed by atoms with Crippen molar-refractivity contribution >= 4 is 11.8 Å². The minimum atomic E-state index is 0.677. The van der Waals surface area contributed by atoms with Crippen LogP contribution in [0.25, 0.3) is 0 Å². The molecule has 92 valence electrons. The highest BCUT2D eigenvalue weighted by Crippen LogP contribution is 2.00. The number of thioether (sulfide) groups is 1. The summed E-state index contributed by atoms with van der Waals surface area (Å²) in [6.07, 6.45) is 2.03. The number of hydrogen-bond donors (Lipinski definition) is 1. The zero-order valence-corrected chi connectivity index (χ0v) is 11.3. The van der Waals surface area contributed by atoms with E-state index in [-0.39, 0.29) is 0 Å². The topological polar surface area (TPSA) is 42.7 Å². The van der Waals surface area contributed by atoms with Gasteiger partial charge < -0.3 is 5.32 Å². The third kappa shape index (κ3) is 5.51. The fourth-order valence-corrected chi connectivity index (χ4v) is 1.92. The van der Waals surface area contributed by atoms with E-state index in [0.717, 1.165) is 36.8 Å². The molecule has 1 aromatic rings. The quantitative estimate of drug-likeness (QED) is 0.706. The maximum Gasteiger partial charge on any atom is 0.0964 e.